The molecule has 4 nitrogen and oxygen atoms in total. The zero-order valence-corrected chi connectivity index (χ0v) is 18.4. The summed E-state index contributed by atoms with van der Waals surface area (Å²) in [5.74, 6) is 0.333. The van der Waals surface area contributed by atoms with Crippen LogP contribution in [0.4, 0.5) is 0 Å². The summed E-state index contributed by atoms with van der Waals surface area (Å²) in [7, 11) is 0. The van der Waals surface area contributed by atoms with Gasteiger partial charge in [-0.1, -0.05) is 62.4 Å². The van der Waals surface area contributed by atoms with E-state index in [2.05, 4.69) is 42.7 Å². The van der Waals surface area contributed by atoms with Crippen LogP contribution in [0.1, 0.15) is 46.8 Å². The molecule has 0 bridgehead atoms. The molecule has 1 N–H and O–H groups in total. The van der Waals surface area contributed by atoms with Gasteiger partial charge in [0.05, 0.1) is 5.56 Å². The average Bonchev–Trinajstić information content (AvgIpc) is 3.16. The summed E-state index contributed by atoms with van der Waals surface area (Å²) in [4.78, 5) is 11.5. The second-order valence-corrected chi connectivity index (χ2v) is 7.79. The number of carboxylic acid groups (broad SMARTS) is 1. The van der Waals surface area contributed by atoms with Crippen LogP contribution in [0.3, 0.4) is 0 Å². The summed E-state index contributed by atoms with van der Waals surface area (Å²) in [6.07, 6.45) is 1.95. The Morgan fingerprint density at radius 3 is 2.45 bits per heavy atom. The normalized spacial score (nSPS) is 10.8. The number of benzene rings is 3. The molecule has 3 aromatic carbocycles. The Morgan fingerprint density at radius 1 is 0.968 bits per heavy atom. The summed E-state index contributed by atoms with van der Waals surface area (Å²) in [5, 5.41) is 10.2. The molecule has 0 saturated carbocycles. The van der Waals surface area contributed by atoms with E-state index >= 15 is 0 Å². The molecule has 0 atom stereocenters. The van der Waals surface area contributed by atoms with Crippen molar-refractivity contribution < 1.29 is 14.6 Å². The number of ether oxygens (including phenoxy) is 1. The Labute approximate surface area is 188 Å². The molecule has 0 fully saturated rings. The molecule has 0 spiro atoms. The first-order chi connectivity index (χ1) is 14.5. The third-order valence-corrected chi connectivity index (χ3v) is 5.33. The van der Waals surface area contributed by atoms with Gasteiger partial charge in [0.15, 0.2) is 0 Å². The lowest BCUT2D eigenvalue weighted by Crippen LogP contribution is -2.03. The molecule has 4 rings (SSSR count). The molecule has 0 amide bonds. The number of aromatic carboxylic acids is 1. The van der Waals surface area contributed by atoms with E-state index in [0.29, 0.717) is 24.6 Å². The van der Waals surface area contributed by atoms with Crippen molar-refractivity contribution in [3.05, 3.63) is 101 Å². The molecular formula is C26H26ClNO3. The fourth-order valence-electron chi connectivity index (χ4n) is 3.76. The maximum atomic E-state index is 11.5. The van der Waals surface area contributed by atoms with Gasteiger partial charge in [-0.05, 0) is 46.9 Å². The molecule has 1 aromatic heterocycles. The summed E-state index contributed by atoms with van der Waals surface area (Å²) in [6, 6.07) is 23.7. The van der Waals surface area contributed by atoms with Crippen LogP contribution in [0.2, 0.25) is 0 Å². The van der Waals surface area contributed by atoms with Crippen molar-refractivity contribution in [1.29, 1.82) is 0 Å². The van der Waals surface area contributed by atoms with Gasteiger partial charge in [-0.2, -0.15) is 0 Å². The van der Waals surface area contributed by atoms with E-state index in [9.17, 15) is 9.90 Å². The second kappa shape index (κ2) is 9.71. The number of aromatic nitrogens is 1. The number of nitrogens with zero attached hydrogens (tertiary/aromatic N) is 1. The van der Waals surface area contributed by atoms with Gasteiger partial charge in [-0.15, -0.1) is 12.4 Å². The molecule has 160 valence electrons. The number of halogens is 1. The van der Waals surface area contributed by atoms with Crippen LogP contribution in [-0.2, 0) is 13.2 Å². The highest BCUT2D eigenvalue weighted by Gasteiger charge is 2.13. The van der Waals surface area contributed by atoms with Crippen LogP contribution < -0.4 is 4.74 Å². The Morgan fingerprint density at radius 2 is 1.74 bits per heavy atom. The van der Waals surface area contributed by atoms with Crippen LogP contribution in [0, 0.1) is 0 Å². The first-order valence-corrected chi connectivity index (χ1v) is 10.1. The highest BCUT2D eigenvalue weighted by atomic mass is 35.5. The smallest absolute Gasteiger partial charge is 0.336 e. The molecule has 0 unspecified atom stereocenters. The van der Waals surface area contributed by atoms with Crippen LogP contribution in [0.25, 0.3) is 10.9 Å². The highest BCUT2D eigenvalue weighted by molar-refractivity contribution is 6.03. The molecule has 0 aliphatic carbocycles. The fraction of sp³-hybridized carbons (Fsp3) is 0.192. The number of carboxylic acids is 1. The number of rotatable bonds is 7. The maximum absolute atomic E-state index is 11.5. The lowest BCUT2D eigenvalue weighted by atomic mass is 9.99. The predicted octanol–water partition coefficient (Wildman–Crippen LogP) is 6.51. The summed E-state index contributed by atoms with van der Waals surface area (Å²) in [6.45, 7) is 5.54. The minimum Gasteiger partial charge on any atom is -0.489 e. The number of fused-ring (bicyclic) bond motifs is 1. The van der Waals surface area contributed by atoms with E-state index in [1.54, 1.807) is 12.1 Å². The molecule has 0 radical (unpaired) electrons. The predicted molar refractivity (Wildman–Crippen MR) is 127 cm³/mol. The molecular weight excluding hydrogens is 410 g/mol. The van der Waals surface area contributed by atoms with E-state index in [1.807, 2.05) is 42.6 Å². The summed E-state index contributed by atoms with van der Waals surface area (Å²) in [5.41, 5.74) is 4.73. The van der Waals surface area contributed by atoms with Crippen LogP contribution in [0.15, 0.2) is 79.0 Å². The molecule has 0 aliphatic rings. The van der Waals surface area contributed by atoms with E-state index < -0.39 is 5.97 Å². The molecule has 1 heterocycles. The van der Waals surface area contributed by atoms with Crippen molar-refractivity contribution in [2.75, 3.05) is 0 Å². The average molecular weight is 436 g/mol. The van der Waals surface area contributed by atoms with Gasteiger partial charge in [-0.3, -0.25) is 0 Å². The fourth-order valence-corrected chi connectivity index (χ4v) is 3.76. The number of hydrogen-bond acceptors (Lipinski definition) is 2. The Balaban J connectivity index is 0.00000272. The van der Waals surface area contributed by atoms with Crippen molar-refractivity contribution in [1.82, 2.24) is 4.57 Å². The monoisotopic (exact) mass is 435 g/mol. The first-order valence-electron chi connectivity index (χ1n) is 10.1. The Kier molecular flexibility index (Phi) is 7.03. The number of carbonyl (C=O) groups is 1. The third kappa shape index (κ3) is 4.92. The van der Waals surface area contributed by atoms with Gasteiger partial charge in [0.25, 0.3) is 0 Å². The minimum atomic E-state index is -0.902. The van der Waals surface area contributed by atoms with Crippen LogP contribution in [-0.4, -0.2) is 15.6 Å². The quantitative estimate of drug-likeness (QED) is 0.360. The molecule has 0 aliphatic heterocycles. The Hall–Kier alpha value is -3.24. The van der Waals surface area contributed by atoms with Crippen molar-refractivity contribution in [2.45, 2.75) is 32.9 Å². The van der Waals surface area contributed by atoms with Crippen LogP contribution >= 0.6 is 12.4 Å². The standard InChI is InChI=1S/C26H25NO3.ClH/c1-18(2)23-15-20(11-12-25(23)30-17-19-7-4-3-5-8-19)16-27-14-13-21-22(26(28)29)9-6-10-24(21)27;/h3-15,18H,16-17H2,1-2H3,(H,28,29);1H. The SMILES string of the molecule is CC(C)c1cc(Cn2ccc3c(C(=O)O)cccc32)ccc1OCc1ccccc1.Cl. The highest BCUT2D eigenvalue weighted by Crippen LogP contribution is 2.29. The van der Waals surface area contributed by atoms with Crippen molar-refractivity contribution in [3.63, 3.8) is 0 Å². The van der Waals surface area contributed by atoms with E-state index in [0.717, 1.165) is 27.8 Å². The lowest BCUT2D eigenvalue weighted by molar-refractivity contribution is 0.0699. The van der Waals surface area contributed by atoms with Gasteiger partial charge in [0, 0.05) is 23.6 Å². The van der Waals surface area contributed by atoms with Gasteiger partial charge >= 0.3 is 5.97 Å². The molecule has 5 heteroatoms. The summed E-state index contributed by atoms with van der Waals surface area (Å²) >= 11 is 0. The Bertz CT molecular complexity index is 1180. The third-order valence-electron chi connectivity index (χ3n) is 5.33. The van der Waals surface area contributed by atoms with Gasteiger partial charge in [0.1, 0.15) is 12.4 Å². The van der Waals surface area contributed by atoms with Gasteiger partial charge in [-0.25, -0.2) is 4.79 Å². The van der Waals surface area contributed by atoms with Crippen LogP contribution in [0.5, 0.6) is 5.75 Å². The lowest BCUT2D eigenvalue weighted by Gasteiger charge is -2.16. The van der Waals surface area contributed by atoms with E-state index in [-0.39, 0.29) is 12.4 Å². The molecule has 0 saturated heterocycles. The summed E-state index contributed by atoms with van der Waals surface area (Å²) < 4.78 is 8.20. The second-order valence-electron chi connectivity index (χ2n) is 7.79. The largest absolute Gasteiger partial charge is 0.489 e. The topological polar surface area (TPSA) is 51.5 Å². The van der Waals surface area contributed by atoms with E-state index in [1.165, 1.54) is 5.56 Å². The van der Waals surface area contributed by atoms with Crippen molar-refractivity contribution >= 4 is 29.3 Å². The zero-order chi connectivity index (χ0) is 21.1. The molecule has 31 heavy (non-hydrogen) atoms. The van der Waals surface area contributed by atoms with Gasteiger partial charge in [0.2, 0.25) is 0 Å². The number of hydrogen-bond donors (Lipinski definition) is 1. The zero-order valence-electron chi connectivity index (χ0n) is 17.6. The maximum Gasteiger partial charge on any atom is 0.336 e. The first kappa shape index (κ1) is 22.4. The van der Waals surface area contributed by atoms with E-state index in [4.69, 9.17) is 4.74 Å². The molecule has 4 aromatic rings. The van der Waals surface area contributed by atoms with Crippen molar-refractivity contribution in [3.8, 4) is 5.75 Å². The van der Waals surface area contributed by atoms with Crippen molar-refractivity contribution in [2.24, 2.45) is 0 Å². The van der Waals surface area contributed by atoms with Gasteiger partial charge < -0.3 is 14.4 Å². The minimum absolute atomic E-state index is 0.